The van der Waals surface area contributed by atoms with E-state index >= 15 is 4.39 Å². The number of piperazine rings is 1. The Morgan fingerprint density at radius 2 is 1.85 bits per heavy atom. The Morgan fingerprint density at radius 1 is 1.12 bits per heavy atom. The summed E-state index contributed by atoms with van der Waals surface area (Å²) >= 11 is 0. The minimum atomic E-state index is -0.918. The molecular weight excluding hydrogens is 527 g/mol. The number of benzene rings is 1. The van der Waals surface area contributed by atoms with E-state index in [2.05, 4.69) is 14.9 Å². The molecule has 1 amide bonds. The lowest BCUT2D eigenvalue weighted by molar-refractivity contribution is 0.0122. The van der Waals surface area contributed by atoms with E-state index in [0.29, 0.717) is 26.1 Å². The van der Waals surface area contributed by atoms with Crippen LogP contribution in [0.15, 0.2) is 6.07 Å². The van der Waals surface area contributed by atoms with Crippen molar-refractivity contribution in [2.45, 2.75) is 82.3 Å². The standard InChI is InChI=1S/C28H36F3N5O4/c1-27(2,3)40-26(37)36-17-6-7-18(36)14-34(13-17)24-21-22(19(30)10-20(31)23(21)38-4)32-25(33-24)39-15-28-8-5-9-35(28)12-16(29)11-28/h10,16-18H,5-9,11-15H2,1-4H3/t16-,17?,18?,28+/m1/s1. The number of carbonyl (C=O) groups is 1. The van der Waals surface area contributed by atoms with E-state index in [1.165, 1.54) is 7.11 Å². The number of halogens is 3. The van der Waals surface area contributed by atoms with Gasteiger partial charge in [-0.05, 0) is 53.0 Å². The third kappa shape index (κ3) is 4.67. The molecule has 6 rings (SSSR count). The van der Waals surface area contributed by atoms with Gasteiger partial charge in [0.15, 0.2) is 17.4 Å². The van der Waals surface area contributed by atoms with E-state index < -0.39 is 28.9 Å². The van der Waals surface area contributed by atoms with Gasteiger partial charge in [-0.1, -0.05) is 0 Å². The summed E-state index contributed by atoms with van der Waals surface area (Å²) in [6, 6.07) is 0.380. The molecule has 0 N–H and O–H groups in total. The first-order valence-electron chi connectivity index (χ1n) is 14.0. The van der Waals surface area contributed by atoms with Crippen LogP contribution in [0.5, 0.6) is 11.8 Å². The molecule has 4 aliphatic rings. The molecule has 2 unspecified atom stereocenters. The number of aromatic nitrogens is 2. The van der Waals surface area contributed by atoms with E-state index in [-0.39, 0.29) is 53.3 Å². The minimum Gasteiger partial charge on any atom is -0.493 e. The van der Waals surface area contributed by atoms with Crippen LogP contribution >= 0.6 is 0 Å². The van der Waals surface area contributed by atoms with E-state index in [9.17, 15) is 13.6 Å². The SMILES string of the molecule is COc1c(F)cc(F)c2nc(OC[C@@]34CCCN3C[C@H](F)C4)nc(N3CC4CCC(C3)N4C(=O)OC(C)(C)C)c12. The predicted octanol–water partition coefficient (Wildman–Crippen LogP) is 4.46. The summed E-state index contributed by atoms with van der Waals surface area (Å²) in [4.78, 5) is 27.8. The van der Waals surface area contributed by atoms with Gasteiger partial charge in [0.1, 0.15) is 29.7 Å². The lowest BCUT2D eigenvalue weighted by Crippen LogP contribution is -2.57. The quantitative estimate of drug-likeness (QED) is 0.528. The van der Waals surface area contributed by atoms with Crippen molar-refractivity contribution in [3.8, 4) is 11.8 Å². The molecule has 4 saturated heterocycles. The van der Waals surface area contributed by atoms with Gasteiger partial charge in [-0.15, -0.1) is 0 Å². The van der Waals surface area contributed by atoms with Crippen LogP contribution in [0.3, 0.4) is 0 Å². The number of alkyl halides is 1. The van der Waals surface area contributed by atoms with Crippen molar-refractivity contribution in [1.29, 1.82) is 0 Å². The molecular formula is C28H36F3N5O4. The van der Waals surface area contributed by atoms with E-state index in [0.717, 1.165) is 38.3 Å². The summed E-state index contributed by atoms with van der Waals surface area (Å²) in [5, 5.41) is 0.114. The molecule has 2 aromatic rings. The zero-order chi connectivity index (χ0) is 28.4. The number of anilines is 1. The second-order valence-corrected chi connectivity index (χ2v) is 12.5. The van der Waals surface area contributed by atoms with E-state index in [1.54, 1.807) is 4.90 Å². The average molecular weight is 564 g/mol. The molecule has 12 heteroatoms. The summed E-state index contributed by atoms with van der Waals surface area (Å²) in [6.07, 6.45) is 2.39. The Morgan fingerprint density at radius 3 is 2.52 bits per heavy atom. The first kappa shape index (κ1) is 27.2. The lowest BCUT2D eigenvalue weighted by atomic mass is 9.95. The van der Waals surface area contributed by atoms with Crippen molar-refractivity contribution < 1.29 is 32.2 Å². The van der Waals surface area contributed by atoms with Crippen molar-refractivity contribution >= 4 is 22.8 Å². The van der Waals surface area contributed by atoms with Crippen LogP contribution in [0.1, 0.15) is 52.9 Å². The van der Waals surface area contributed by atoms with Gasteiger partial charge >= 0.3 is 12.1 Å². The van der Waals surface area contributed by atoms with E-state index in [4.69, 9.17) is 14.2 Å². The van der Waals surface area contributed by atoms with Gasteiger partial charge in [-0.25, -0.2) is 18.0 Å². The van der Waals surface area contributed by atoms with Crippen molar-refractivity contribution in [2.24, 2.45) is 0 Å². The van der Waals surface area contributed by atoms with Crippen LogP contribution in [0.2, 0.25) is 0 Å². The third-order valence-electron chi connectivity index (χ3n) is 8.61. The molecule has 5 heterocycles. The van der Waals surface area contributed by atoms with Crippen molar-refractivity contribution in [3.05, 3.63) is 17.7 Å². The number of ether oxygens (including phenoxy) is 3. The average Bonchev–Trinajstić information content (AvgIpc) is 3.49. The molecule has 0 aliphatic carbocycles. The lowest BCUT2D eigenvalue weighted by Gasteiger charge is -2.42. The molecule has 0 spiro atoms. The maximum atomic E-state index is 15.2. The van der Waals surface area contributed by atoms with Crippen molar-refractivity contribution in [3.63, 3.8) is 0 Å². The van der Waals surface area contributed by atoms with Gasteiger partial charge in [-0.2, -0.15) is 9.97 Å². The maximum absolute atomic E-state index is 15.2. The summed E-state index contributed by atoms with van der Waals surface area (Å²) in [7, 11) is 1.31. The fourth-order valence-corrected chi connectivity index (χ4v) is 7.00. The number of hydrogen-bond acceptors (Lipinski definition) is 8. The topological polar surface area (TPSA) is 80.3 Å². The van der Waals surface area contributed by atoms with Gasteiger partial charge in [0.2, 0.25) is 0 Å². The normalized spacial score (nSPS) is 28.3. The van der Waals surface area contributed by atoms with Gasteiger partial charge in [-0.3, -0.25) is 9.80 Å². The highest BCUT2D eigenvalue weighted by molar-refractivity contribution is 5.96. The summed E-state index contributed by atoms with van der Waals surface area (Å²) in [6.45, 7) is 7.64. The fraction of sp³-hybridized carbons (Fsp3) is 0.679. The number of hydrogen-bond donors (Lipinski definition) is 0. The van der Waals surface area contributed by atoms with Crippen LogP contribution in [0, 0.1) is 11.6 Å². The van der Waals surface area contributed by atoms with E-state index in [1.807, 2.05) is 25.7 Å². The molecule has 218 valence electrons. The second kappa shape index (κ2) is 9.81. The third-order valence-corrected chi connectivity index (χ3v) is 8.61. The monoisotopic (exact) mass is 563 g/mol. The van der Waals surface area contributed by atoms with Gasteiger partial charge < -0.3 is 19.1 Å². The zero-order valence-corrected chi connectivity index (χ0v) is 23.4. The second-order valence-electron chi connectivity index (χ2n) is 12.5. The summed E-state index contributed by atoms with van der Waals surface area (Å²) in [5.74, 6) is -1.59. The highest BCUT2D eigenvalue weighted by atomic mass is 19.1. The van der Waals surface area contributed by atoms with Crippen LogP contribution in [-0.2, 0) is 4.74 Å². The highest BCUT2D eigenvalue weighted by Crippen LogP contribution is 2.43. The van der Waals surface area contributed by atoms with Crippen LogP contribution in [0.4, 0.5) is 23.8 Å². The van der Waals surface area contributed by atoms with Crippen molar-refractivity contribution in [1.82, 2.24) is 19.8 Å². The first-order chi connectivity index (χ1) is 19.0. The Labute approximate surface area is 231 Å². The Hall–Kier alpha value is -3.02. The Balaban J connectivity index is 1.35. The highest BCUT2D eigenvalue weighted by Gasteiger charge is 2.50. The molecule has 1 aromatic carbocycles. The Kier molecular flexibility index (Phi) is 6.66. The van der Waals surface area contributed by atoms with Crippen LogP contribution in [-0.4, -0.2) is 95.2 Å². The molecule has 0 radical (unpaired) electrons. The fourth-order valence-electron chi connectivity index (χ4n) is 7.00. The van der Waals surface area contributed by atoms with Gasteiger partial charge in [0.25, 0.3) is 0 Å². The maximum Gasteiger partial charge on any atom is 0.410 e. The number of methoxy groups -OCH3 is 1. The first-order valence-corrected chi connectivity index (χ1v) is 14.0. The smallest absolute Gasteiger partial charge is 0.410 e. The number of amides is 1. The molecule has 4 aliphatic heterocycles. The minimum absolute atomic E-state index is 0.0551. The molecule has 4 fully saturated rings. The molecule has 1 aromatic heterocycles. The van der Waals surface area contributed by atoms with Crippen molar-refractivity contribution in [2.75, 3.05) is 44.8 Å². The number of rotatable bonds is 5. The van der Waals surface area contributed by atoms with Gasteiger partial charge in [0.05, 0.1) is 30.1 Å². The summed E-state index contributed by atoms with van der Waals surface area (Å²) in [5.41, 5.74) is -1.17. The number of fused-ring (bicyclic) bond motifs is 4. The zero-order valence-electron chi connectivity index (χ0n) is 23.4. The molecule has 9 nitrogen and oxygen atoms in total. The largest absolute Gasteiger partial charge is 0.493 e. The molecule has 0 saturated carbocycles. The number of carbonyl (C=O) groups excluding carboxylic acids is 1. The van der Waals surface area contributed by atoms with Gasteiger partial charge in [0, 0.05) is 32.1 Å². The predicted molar refractivity (Wildman–Crippen MR) is 142 cm³/mol. The molecule has 40 heavy (non-hydrogen) atoms. The van der Waals surface area contributed by atoms with Crippen LogP contribution < -0.4 is 14.4 Å². The number of nitrogens with zero attached hydrogens (tertiary/aromatic N) is 5. The summed E-state index contributed by atoms with van der Waals surface area (Å²) < 4.78 is 61.5. The van der Waals surface area contributed by atoms with Crippen LogP contribution in [0.25, 0.3) is 10.9 Å². The molecule has 4 atom stereocenters. The molecule has 2 bridgehead atoms. The Bertz CT molecular complexity index is 1310.